The lowest BCUT2D eigenvalue weighted by Crippen LogP contribution is -2.28. The van der Waals surface area contributed by atoms with E-state index in [1.807, 2.05) is 0 Å². The minimum absolute atomic E-state index is 0.343. The van der Waals surface area contributed by atoms with Crippen molar-refractivity contribution in [3.8, 4) is 11.8 Å². The Hall–Kier alpha value is -2.06. The summed E-state index contributed by atoms with van der Waals surface area (Å²) in [5, 5.41) is 19.0. The highest BCUT2D eigenvalue weighted by Gasteiger charge is 2.49. The van der Waals surface area contributed by atoms with Crippen LogP contribution in [0.2, 0.25) is 5.02 Å². The maximum Gasteiger partial charge on any atom is 0.534 e. The van der Waals surface area contributed by atoms with Gasteiger partial charge in [-0.15, -0.1) is 0 Å². The summed E-state index contributed by atoms with van der Waals surface area (Å²) < 4.78 is 61.9. The fraction of sp³-hybridized carbons (Fsp3) is 0.125. The summed E-state index contributed by atoms with van der Waals surface area (Å²) in [6, 6.07) is 2.55. The topological polar surface area (TPSA) is 110 Å². The van der Waals surface area contributed by atoms with E-state index in [4.69, 9.17) is 16.9 Å². The molecule has 0 radical (unpaired) electrons. The highest BCUT2D eigenvalue weighted by molar-refractivity contribution is 7.88. The molecule has 0 spiro atoms. The largest absolute Gasteiger partial charge is 0.534 e. The van der Waals surface area contributed by atoms with E-state index in [2.05, 4.69) is 4.18 Å². The predicted octanol–water partition coefficient (Wildman–Crippen LogP) is 2.35. The van der Waals surface area contributed by atoms with Gasteiger partial charge in [-0.1, -0.05) is 11.6 Å². The molecule has 0 N–H and O–H groups in total. The first kappa shape index (κ1) is 16.0. The molecule has 1 rings (SSSR count). The number of hydrogen-bond donors (Lipinski definition) is 0. The van der Waals surface area contributed by atoms with E-state index >= 15 is 0 Å². The number of benzene rings is 1. The van der Waals surface area contributed by atoms with E-state index in [9.17, 15) is 31.7 Å². The molecule has 0 aliphatic heterocycles. The van der Waals surface area contributed by atoms with Gasteiger partial charge >= 0.3 is 21.3 Å². The van der Waals surface area contributed by atoms with E-state index in [1.165, 1.54) is 6.07 Å². The first-order valence-corrected chi connectivity index (χ1v) is 6.17. The van der Waals surface area contributed by atoms with E-state index in [-0.39, 0.29) is 5.02 Å². The third-order valence-corrected chi connectivity index (χ3v) is 3.00. The number of hydrogen-bond acceptors (Lipinski definition) is 6. The predicted molar refractivity (Wildman–Crippen MR) is 58.4 cm³/mol. The van der Waals surface area contributed by atoms with Gasteiger partial charge in [0.05, 0.1) is 4.92 Å². The average Bonchev–Trinajstić information content (AvgIpc) is 2.28. The lowest BCUT2D eigenvalue weighted by atomic mass is 10.2. The molecule has 20 heavy (non-hydrogen) atoms. The van der Waals surface area contributed by atoms with Crippen molar-refractivity contribution in [3.05, 3.63) is 32.8 Å². The number of nitrogens with zero attached hydrogens (tertiary/aromatic N) is 2. The van der Waals surface area contributed by atoms with Gasteiger partial charge in [0.1, 0.15) is 11.6 Å². The Labute approximate surface area is 114 Å². The van der Waals surface area contributed by atoms with Gasteiger partial charge in [-0.05, 0) is 6.07 Å². The molecule has 0 saturated heterocycles. The lowest BCUT2D eigenvalue weighted by molar-refractivity contribution is -0.385. The van der Waals surface area contributed by atoms with Gasteiger partial charge in [-0.3, -0.25) is 10.1 Å². The highest BCUT2D eigenvalue weighted by atomic mass is 35.5. The van der Waals surface area contributed by atoms with Crippen LogP contribution in [0.15, 0.2) is 12.1 Å². The molecule has 0 heterocycles. The Morgan fingerprint density at radius 3 is 2.35 bits per heavy atom. The van der Waals surface area contributed by atoms with E-state index < -0.39 is 37.6 Å². The zero-order valence-corrected chi connectivity index (χ0v) is 10.6. The van der Waals surface area contributed by atoms with Gasteiger partial charge in [-0.25, -0.2) is 0 Å². The number of rotatable bonds is 3. The Morgan fingerprint density at radius 1 is 1.40 bits per heavy atom. The Balaban J connectivity index is 3.54. The molecule has 108 valence electrons. The van der Waals surface area contributed by atoms with Crippen LogP contribution >= 0.6 is 11.6 Å². The summed E-state index contributed by atoms with van der Waals surface area (Å²) >= 11 is 5.42. The van der Waals surface area contributed by atoms with E-state index in [0.717, 1.165) is 6.07 Å². The summed E-state index contributed by atoms with van der Waals surface area (Å²) in [4.78, 5) is 9.43. The molecule has 7 nitrogen and oxygen atoms in total. The van der Waals surface area contributed by atoms with Crippen LogP contribution in [0, 0.1) is 21.4 Å². The van der Waals surface area contributed by atoms with Crippen LogP contribution < -0.4 is 4.18 Å². The molecule has 12 heteroatoms. The number of halogens is 4. The molecule has 0 unspecified atom stereocenters. The lowest BCUT2D eigenvalue weighted by Gasteiger charge is -2.10. The second kappa shape index (κ2) is 5.14. The minimum Gasteiger partial charge on any atom is -0.367 e. The molecule has 1 aromatic rings. The number of nitro groups is 1. The first-order chi connectivity index (χ1) is 8.99. The molecule has 0 saturated carbocycles. The zero-order chi connectivity index (χ0) is 15.7. The van der Waals surface area contributed by atoms with Crippen molar-refractivity contribution in [2.45, 2.75) is 5.51 Å². The second-order valence-electron chi connectivity index (χ2n) is 3.15. The standard InChI is InChI=1S/C8H2ClF3N2O5S/c9-5-1-4(3-13)7(6(2-5)14(15)16)19-20(17,18)8(10,11)12/h1-2H. The van der Waals surface area contributed by atoms with Gasteiger partial charge < -0.3 is 4.18 Å². The molecule has 0 fully saturated rings. The van der Waals surface area contributed by atoms with E-state index in [1.54, 1.807) is 0 Å². The number of nitro benzene ring substituents is 1. The Kier molecular flexibility index (Phi) is 4.11. The molecule has 0 aliphatic rings. The molecule has 0 aliphatic carbocycles. The van der Waals surface area contributed by atoms with Crippen LogP contribution in [0.5, 0.6) is 5.75 Å². The van der Waals surface area contributed by atoms with Crippen molar-refractivity contribution in [2.75, 3.05) is 0 Å². The maximum absolute atomic E-state index is 12.2. The monoisotopic (exact) mass is 330 g/mol. The van der Waals surface area contributed by atoms with Gasteiger partial charge in [0, 0.05) is 11.1 Å². The third kappa shape index (κ3) is 3.09. The molecular weight excluding hydrogens is 329 g/mol. The van der Waals surface area contributed by atoms with Crippen molar-refractivity contribution in [1.29, 1.82) is 5.26 Å². The molecule has 0 aromatic heterocycles. The van der Waals surface area contributed by atoms with Crippen LogP contribution in [0.25, 0.3) is 0 Å². The molecule has 0 amide bonds. The van der Waals surface area contributed by atoms with Gasteiger partial charge in [-0.2, -0.15) is 26.9 Å². The van der Waals surface area contributed by atoms with Crippen molar-refractivity contribution in [3.63, 3.8) is 0 Å². The highest BCUT2D eigenvalue weighted by Crippen LogP contribution is 2.37. The summed E-state index contributed by atoms with van der Waals surface area (Å²) in [5.74, 6) is -1.35. The summed E-state index contributed by atoms with van der Waals surface area (Å²) in [7, 11) is -6.15. The smallest absolute Gasteiger partial charge is 0.367 e. The normalized spacial score (nSPS) is 11.8. The third-order valence-electron chi connectivity index (χ3n) is 1.83. The minimum atomic E-state index is -6.15. The molecule has 1 aromatic carbocycles. The Morgan fingerprint density at radius 2 is 1.95 bits per heavy atom. The summed E-state index contributed by atoms with van der Waals surface area (Å²) in [5.41, 5.74) is -7.80. The summed E-state index contributed by atoms with van der Waals surface area (Å²) in [6.07, 6.45) is 0. The van der Waals surface area contributed by atoms with Crippen molar-refractivity contribution in [1.82, 2.24) is 0 Å². The number of nitriles is 1. The van der Waals surface area contributed by atoms with Crippen molar-refractivity contribution < 1.29 is 30.7 Å². The van der Waals surface area contributed by atoms with Gasteiger partial charge in [0.2, 0.25) is 5.75 Å². The van der Waals surface area contributed by atoms with Crippen molar-refractivity contribution >= 4 is 27.4 Å². The van der Waals surface area contributed by atoms with Crippen LogP contribution in [0.4, 0.5) is 18.9 Å². The molecule has 0 atom stereocenters. The SMILES string of the molecule is N#Cc1cc(Cl)cc([N+](=O)[O-])c1OS(=O)(=O)C(F)(F)F. The van der Waals surface area contributed by atoms with Gasteiger partial charge in [0.25, 0.3) is 0 Å². The number of alkyl halides is 3. The molecule has 0 bridgehead atoms. The average molecular weight is 331 g/mol. The first-order valence-electron chi connectivity index (χ1n) is 4.38. The van der Waals surface area contributed by atoms with Gasteiger partial charge in [0.15, 0.2) is 0 Å². The van der Waals surface area contributed by atoms with Crippen LogP contribution in [0.1, 0.15) is 5.56 Å². The van der Waals surface area contributed by atoms with Crippen LogP contribution in [-0.4, -0.2) is 18.8 Å². The summed E-state index contributed by atoms with van der Waals surface area (Å²) in [6.45, 7) is 0. The quantitative estimate of drug-likeness (QED) is 0.364. The van der Waals surface area contributed by atoms with E-state index in [0.29, 0.717) is 6.07 Å². The van der Waals surface area contributed by atoms with Crippen LogP contribution in [0.3, 0.4) is 0 Å². The fourth-order valence-electron chi connectivity index (χ4n) is 1.04. The van der Waals surface area contributed by atoms with Crippen molar-refractivity contribution in [2.24, 2.45) is 0 Å². The maximum atomic E-state index is 12.2. The second-order valence-corrected chi connectivity index (χ2v) is 5.13. The molecular formula is C8H2ClF3N2O5S. The van der Waals surface area contributed by atoms with Crippen LogP contribution in [-0.2, 0) is 10.1 Å². The Bertz CT molecular complexity index is 710. The fourth-order valence-corrected chi connectivity index (χ4v) is 1.74. The zero-order valence-electron chi connectivity index (χ0n) is 9.01.